The van der Waals surface area contributed by atoms with Crippen LogP contribution in [0.5, 0.6) is 0 Å². The number of amides is 2. The Labute approximate surface area is 205 Å². The number of hydrogen-bond acceptors (Lipinski definition) is 6. The summed E-state index contributed by atoms with van der Waals surface area (Å²) in [5.74, 6) is -1.46. The molecule has 3 aromatic rings. The number of benzene rings is 2. The maximum Gasteiger partial charge on any atom is 0.337 e. The number of carboxylic acid groups (broad SMARTS) is 1. The van der Waals surface area contributed by atoms with Crippen molar-refractivity contribution in [2.75, 3.05) is 6.54 Å². The summed E-state index contributed by atoms with van der Waals surface area (Å²) in [5.41, 5.74) is 0.814. The van der Waals surface area contributed by atoms with Crippen molar-refractivity contribution in [1.29, 1.82) is 0 Å². The molecule has 1 aliphatic rings. The minimum absolute atomic E-state index is 0.0660. The Bertz CT molecular complexity index is 1330. The van der Waals surface area contributed by atoms with Crippen molar-refractivity contribution >= 4 is 68.3 Å². The standard InChI is InChI=1S/C23H13BrClNO6S/c24-14-4-1-12(2-5-14)18(27)11-26-21(28)20(33-23(26)31)10-15-6-8-19(32-15)13-3-7-17(25)16(9-13)22(29)30/h1-10H,11H2,(H,29,30)/b20-10+. The monoisotopic (exact) mass is 545 g/mol. The summed E-state index contributed by atoms with van der Waals surface area (Å²) in [6.07, 6.45) is 1.41. The van der Waals surface area contributed by atoms with E-state index in [0.29, 0.717) is 34.4 Å². The predicted octanol–water partition coefficient (Wildman–Crippen LogP) is 5.98. The number of aromatic carboxylic acids is 1. The number of imide groups is 1. The van der Waals surface area contributed by atoms with Crippen LogP contribution in [0.4, 0.5) is 4.79 Å². The van der Waals surface area contributed by atoms with Gasteiger partial charge in [-0.2, -0.15) is 0 Å². The van der Waals surface area contributed by atoms with E-state index in [-0.39, 0.29) is 27.8 Å². The van der Waals surface area contributed by atoms with Gasteiger partial charge in [-0.3, -0.25) is 19.3 Å². The van der Waals surface area contributed by atoms with Gasteiger partial charge in [-0.05, 0) is 54.2 Å². The molecule has 0 unspecified atom stereocenters. The number of furan rings is 1. The SMILES string of the molecule is O=C(CN1C(=O)S/C(=C/c2ccc(-c3ccc(Cl)c(C(=O)O)c3)o2)C1=O)c1ccc(Br)cc1. The van der Waals surface area contributed by atoms with Crippen LogP contribution in [0.2, 0.25) is 5.02 Å². The minimum Gasteiger partial charge on any atom is -0.478 e. The molecule has 2 aromatic carbocycles. The lowest BCUT2D eigenvalue weighted by atomic mass is 10.1. The maximum absolute atomic E-state index is 12.7. The van der Waals surface area contributed by atoms with Crippen molar-refractivity contribution in [3.05, 3.63) is 85.9 Å². The van der Waals surface area contributed by atoms with Gasteiger partial charge >= 0.3 is 5.97 Å². The highest BCUT2D eigenvalue weighted by Gasteiger charge is 2.36. The molecule has 0 aliphatic carbocycles. The number of nitrogens with zero attached hydrogens (tertiary/aromatic N) is 1. The van der Waals surface area contributed by atoms with E-state index in [0.717, 1.165) is 9.37 Å². The largest absolute Gasteiger partial charge is 0.478 e. The summed E-state index contributed by atoms with van der Waals surface area (Å²) in [6, 6.07) is 14.3. The molecule has 1 aromatic heterocycles. The number of halogens is 2. The molecule has 1 fully saturated rings. The fourth-order valence-corrected chi connectivity index (χ4v) is 4.35. The summed E-state index contributed by atoms with van der Waals surface area (Å²) in [5, 5.41) is 8.78. The highest BCUT2D eigenvalue weighted by molar-refractivity contribution is 9.10. The summed E-state index contributed by atoms with van der Waals surface area (Å²) in [4.78, 5) is 49.8. The van der Waals surface area contributed by atoms with E-state index in [1.54, 1.807) is 42.5 Å². The second-order valence-electron chi connectivity index (χ2n) is 6.90. The summed E-state index contributed by atoms with van der Waals surface area (Å²) >= 11 is 9.90. The van der Waals surface area contributed by atoms with Gasteiger partial charge in [0, 0.05) is 21.7 Å². The van der Waals surface area contributed by atoms with Gasteiger partial charge in [-0.25, -0.2) is 4.79 Å². The number of carboxylic acids is 1. The number of carbonyl (C=O) groups is 4. The summed E-state index contributed by atoms with van der Waals surface area (Å²) in [6.45, 7) is -0.365. The molecule has 0 spiro atoms. The average Bonchev–Trinajstić information content (AvgIpc) is 3.34. The van der Waals surface area contributed by atoms with Gasteiger partial charge in [0.2, 0.25) is 0 Å². The van der Waals surface area contributed by atoms with Crippen molar-refractivity contribution in [1.82, 2.24) is 4.90 Å². The maximum atomic E-state index is 12.7. The van der Waals surface area contributed by atoms with Crippen LogP contribution in [0.1, 0.15) is 26.5 Å². The van der Waals surface area contributed by atoms with E-state index < -0.39 is 17.1 Å². The van der Waals surface area contributed by atoms with Crippen LogP contribution in [0.15, 0.2) is 68.4 Å². The van der Waals surface area contributed by atoms with Crippen molar-refractivity contribution in [2.45, 2.75) is 0 Å². The number of carbonyl (C=O) groups excluding carboxylic acids is 3. The lowest BCUT2D eigenvalue weighted by Crippen LogP contribution is -2.33. The Morgan fingerprint density at radius 2 is 1.82 bits per heavy atom. The highest BCUT2D eigenvalue weighted by Crippen LogP contribution is 2.34. The highest BCUT2D eigenvalue weighted by atomic mass is 79.9. The van der Waals surface area contributed by atoms with E-state index in [4.69, 9.17) is 16.0 Å². The second-order valence-corrected chi connectivity index (χ2v) is 9.22. The molecular formula is C23H13BrClNO6S. The van der Waals surface area contributed by atoms with E-state index in [1.807, 2.05) is 0 Å². The smallest absolute Gasteiger partial charge is 0.337 e. The van der Waals surface area contributed by atoms with Crippen molar-refractivity contribution < 1.29 is 28.7 Å². The van der Waals surface area contributed by atoms with Crippen LogP contribution in [-0.2, 0) is 4.79 Å². The molecule has 4 rings (SSSR count). The first-order chi connectivity index (χ1) is 15.7. The first-order valence-corrected chi connectivity index (χ1v) is 11.4. The molecule has 2 amide bonds. The van der Waals surface area contributed by atoms with E-state index in [1.165, 1.54) is 18.2 Å². The minimum atomic E-state index is -1.17. The first kappa shape index (κ1) is 23.0. The lowest BCUT2D eigenvalue weighted by Gasteiger charge is -2.11. The molecule has 33 heavy (non-hydrogen) atoms. The van der Waals surface area contributed by atoms with Gasteiger partial charge < -0.3 is 9.52 Å². The number of Topliss-reactive ketones (excluding diaryl/α,β-unsaturated/α-hetero) is 1. The number of thioether (sulfide) groups is 1. The third-order valence-corrected chi connectivity index (χ3v) is 6.49. The van der Waals surface area contributed by atoms with Crippen LogP contribution in [-0.4, -0.2) is 39.5 Å². The first-order valence-electron chi connectivity index (χ1n) is 9.40. The lowest BCUT2D eigenvalue weighted by molar-refractivity contribution is -0.122. The number of hydrogen-bond donors (Lipinski definition) is 1. The van der Waals surface area contributed by atoms with E-state index in [9.17, 15) is 24.3 Å². The van der Waals surface area contributed by atoms with Gasteiger partial charge in [0.1, 0.15) is 11.5 Å². The summed E-state index contributed by atoms with van der Waals surface area (Å²) in [7, 11) is 0. The fourth-order valence-electron chi connectivity index (χ4n) is 3.06. The molecular weight excluding hydrogens is 534 g/mol. The van der Waals surface area contributed by atoms with Crippen LogP contribution >= 0.6 is 39.3 Å². The van der Waals surface area contributed by atoms with E-state index in [2.05, 4.69) is 15.9 Å². The zero-order valence-electron chi connectivity index (χ0n) is 16.6. The Morgan fingerprint density at radius 1 is 1.09 bits per heavy atom. The normalized spacial score (nSPS) is 14.8. The molecule has 2 heterocycles. The molecule has 1 N–H and O–H groups in total. The molecule has 1 aliphatic heterocycles. The van der Waals surface area contributed by atoms with Crippen LogP contribution in [0.25, 0.3) is 17.4 Å². The van der Waals surface area contributed by atoms with Gasteiger partial charge in [0.25, 0.3) is 11.1 Å². The Hall–Kier alpha value is -3.14. The average molecular weight is 547 g/mol. The molecule has 0 bridgehead atoms. The van der Waals surface area contributed by atoms with Crippen LogP contribution < -0.4 is 0 Å². The van der Waals surface area contributed by atoms with E-state index >= 15 is 0 Å². The molecule has 7 nitrogen and oxygen atoms in total. The second kappa shape index (κ2) is 9.38. The van der Waals surface area contributed by atoms with Gasteiger partial charge in [0.05, 0.1) is 22.0 Å². The van der Waals surface area contributed by atoms with Crippen molar-refractivity contribution in [2.24, 2.45) is 0 Å². The van der Waals surface area contributed by atoms with Gasteiger partial charge in [-0.15, -0.1) is 0 Å². The Kier molecular flexibility index (Phi) is 6.55. The quantitative estimate of drug-likeness (QED) is 0.299. The van der Waals surface area contributed by atoms with Crippen molar-refractivity contribution in [3.8, 4) is 11.3 Å². The zero-order chi connectivity index (χ0) is 23.7. The van der Waals surface area contributed by atoms with Crippen LogP contribution in [0, 0.1) is 0 Å². The summed E-state index contributed by atoms with van der Waals surface area (Å²) < 4.78 is 6.52. The van der Waals surface area contributed by atoms with Gasteiger partial charge in [0.15, 0.2) is 5.78 Å². The number of rotatable bonds is 6. The molecule has 0 radical (unpaired) electrons. The molecule has 166 valence electrons. The number of ketones is 1. The fraction of sp³-hybridized carbons (Fsp3) is 0.0435. The third-order valence-electron chi connectivity index (χ3n) is 4.72. The Morgan fingerprint density at radius 3 is 2.52 bits per heavy atom. The zero-order valence-corrected chi connectivity index (χ0v) is 19.7. The topological polar surface area (TPSA) is 105 Å². The van der Waals surface area contributed by atoms with Crippen molar-refractivity contribution in [3.63, 3.8) is 0 Å². The third kappa shape index (κ3) is 4.95. The molecule has 10 heteroatoms. The predicted molar refractivity (Wildman–Crippen MR) is 127 cm³/mol. The van der Waals surface area contributed by atoms with Crippen LogP contribution in [0.3, 0.4) is 0 Å². The molecule has 1 saturated heterocycles. The van der Waals surface area contributed by atoms with Gasteiger partial charge in [-0.1, -0.05) is 39.7 Å². The molecule has 0 saturated carbocycles. The Balaban J connectivity index is 1.52. The molecule has 0 atom stereocenters.